The molecule has 2 rings (SSSR count). The maximum atomic E-state index is 12.9. The van der Waals surface area contributed by atoms with Gasteiger partial charge in [-0.2, -0.15) is 0 Å². The van der Waals surface area contributed by atoms with Gasteiger partial charge < -0.3 is 44.1 Å². The molecular weight excluding hydrogens is 874 g/mol. The summed E-state index contributed by atoms with van der Waals surface area (Å²) in [5, 5.41) is 35.9. The number of methoxy groups -OCH3 is 1. The number of aliphatic hydroxyl groups excluding tert-OH is 3. The Hall–Kier alpha value is 1.29. The number of hydrogen-bond acceptors (Lipinski definition) is 11. The number of aliphatic hydroxyl groups is 4. The van der Waals surface area contributed by atoms with Crippen molar-refractivity contribution in [2.75, 3.05) is 38.6 Å². The van der Waals surface area contributed by atoms with E-state index in [0.717, 1.165) is 0 Å². The minimum atomic E-state index is -2.24. The van der Waals surface area contributed by atoms with Gasteiger partial charge in [0.1, 0.15) is 38.3 Å². The van der Waals surface area contributed by atoms with Crippen LogP contribution in [0.3, 0.4) is 0 Å². The van der Waals surface area contributed by atoms with E-state index in [9.17, 15) is 23.5 Å². The topological polar surface area (TPSA) is 161 Å². The number of hydrogen-bond donors (Lipinski definition) is 4. The Bertz CT molecular complexity index is 645. The molecule has 11 nitrogen and oxygen atoms in total. The van der Waals surface area contributed by atoms with Gasteiger partial charge >= 0.3 is 61.4 Å². The van der Waals surface area contributed by atoms with Crippen LogP contribution in [-0.4, -0.2) is 113 Å². The molecule has 4 N–H and O–H groups in total. The van der Waals surface area contributed by atoms with Crippen molar-refractivity contribution >= 4 is 74.5 Å². The summed E-state index contributed by atoms with van der Waals surface area (Å²) in [6.45, 7) is 1.23. The van der Waals surface area contributed by atoms with Gasteiger partial charge in [0.25, 0.3) is 0 Å². The van der Waals surface area contributed by atoms with Crippen molar-refractivity contribution in [1.82, 2.24) is 0 Å². The van der Waals surface area contributed by atoms with Gasteiger partial charge in [0.05, 0.1) is 12.7 Å². The molecule has 0 aromatic carbocycles. The van der Waals surface area contributed by atoms with E-state index in [0.29, 0.717) is 9.47 Å². The third-order valence-electron chi connectivity index (χ3n) is 5.02. The zero-order chi connectivity index (χ0) is 28.7. The molecule has 215 valence electrons. The Morgan fingerprint density at radius 1 is 1.06 bits per heavy atom. The standard InChI is InChI=1S/C12H19FO6.C6H11FO5.CH3I.2HI.V/c1-7-10(5-13)19-12(16-4,6-17-8(2)14)11(7)18-9(3)15;7-1-3-4(9)5(10)6(11,2-8)12-3;1-2;;;/h7,10-11H,5-6H2,1-4H3;3-5,8-11H,1-2H2;1H3;2*1H;/q;;;;;+2/p-2/t7-,10-,11+,12?;3-,4-,5+,6?;;;;/m11..../s1. The zero-order valence-electron chi connectivity index (χ0n) is 20.3. The number of alkyl halides is 3. The SMILES string of the molecule is CI.COC1(COC(C)=O)O[C@H](CF)[C@@H](C)[C@@H]1OC(C)=O.OCC1(O)O[C@H](CF)[C@@H](O)[C@@H]1O.[I][V][I]. The first-order valence-corrected chi connectivity index (χ1v) is 21.3. The molecule has 2 saturated heterocycles. The number of halogens is 5. The van der Waals surface area contributed by atoms with Gasteiger partial charge in [-0.05, 0) is 4.93 Å². The van der Waals surface area contributed by atoms with Crippen LogP contribution in [0.25, 0.3) is 0 Å². The molecule has 36 heavy (non-hydrogen) atoms. The molecule has 0 aliphatic carbocycles. The summed E-state index contributed by atoms with van der Waals surface area (Å²) in [5.74, 6) is -5.18. The Kier molecular flexibility index (Phi) is 22.1. The van der Waals surface area contributed by atoms with Crippen molar-refractivity contribution in [2.45, 2.75) is 62.9 Å². The van der Waals surface area contributed by atoms with Crippen molar-refractivity contribution in [2.24, 2.45) is 5.92 Å². The van der Waals surface area contributed by atoms with Crippen LogP contribution in [0.5, 0.6) is 0 Å². The van der Waals surface area contributed by atoms with E-state index in [-0.39, 0.29) is 6.61 Å². The number of carbonyl (C=O) groups excluding carboxylic acids is 2. The van der Waals surface area contributed by atoms with Crippen LogP contribution in [-0.2, 0) is 42.7 Å². The summed E-state index contributed by atoms with van der Waals surface area (Å²) in [6.07, 6.45) is -6.08. The van der Waals surface area contributed by atoms with Gasteiger partial charge in [0.2, 0.25) is 11.6 Å². The van der Waals surface area contributed by atoms with Crippen LogP contribution < -0.4 is 0 Å². The Balaban J connectivity index is 0. The number of rotatable bonds is 7. The molecule has 2 heterocycles. The van der Waals surface area contributed by atoms with Gasteiger partial charge in [-0.3, -0.25) is 9.59 Å². The van der Waals surface area contributed by atoms with Crippen molar-refractivity contribution in [3.05, 3.63) is 0 Å². The Labute approximate surface area is 251 Å². The van der Waals surface area contributed by atoms with E-state index < -0.39 is 79.9 Å². The van der Waals surface area contributed by atoms with E-state index in [1.165, 1.54) is 21.0 Å². The molecule has 0 amide bonds. The molecular formula is C19H33F2I3O11V. The van der Waals surface area contributed by atoms with Crippen LogP contribution in [0.15, 0.2) is 0 Å². The summed E-state index contributed by atoms with van der Waals surface area (Å²) in [7, 11) is 1.95. The molecule has 2 aliphatic heterocycles. The fourth-order valence-electron chi connectivity index (χ4n) is 3.24. The second-order valence-electron chi connectivity index (χ2n) is 7.31. The van der Waals surface area contributed by atoms with Gasteiger partial charge in [0, 0.05) is 26.9 Å². The van der Waals surface area contributed by atoms with Gasteiger partial charge in [0.15, 0.2) is 6.10 Å². The molecule has 17 heteroatoms. The monoisotopic (exact) mass is 907 g/mol. The molecule has 2 fully saturated rings. The quantitative estimate of drug-likeness (QED) is 0.166. The molecule has 0 aromatic rings. The molecule has 0 bridgehead atoms. The van der Waals surface area contributed by atoms with Crippen molar-refractivity contribution in [3.8, 4) is 0 Å². The average molecular weight is 907 g/mol. The van der Waals surface area contributed by atoms with Crippen molar-refractivity contribution in [1.29, 1.82) is 0 Å². The molecule has 0 radical (unpaired) electrons. The fraction of sp³-hybridized carbons (Fsp3) is 0.895. The van der Waals surface area contributed by atoms with Crippen molar-refractivity contribution < 1.29 is 71.9 Å². The molecule has 0 aromatic heterocycles. The zero-order valence-corrected chi connectivity index (χ0v) is 28.1. The molecule has 0 spiro atoms. The third-order valence-corrected chi connectivity index (χ3v) is 5.02. The molecule has 2 aliphatic rings. The van der Waals surface area contributed by atoms with E-state index in [1.54, 1.807) is 6.92 Å². The van der Waals surface area contributed by atoms with E-state index in [2.05, 4.69) is 67.3 Å². The first-order valence-electron chi connectivity index (χ1n) is 10.2. The van der Waals surface area contributed by atoms with Crippen LogP contribution in [0, 0.1) is 5.92 Å². The first kappa shape index (κ1) is 39.4. The van der Waals surface area contributed by atoms with E-state index in [1.807, 2.05) is 4.93 Å². The van der Waals surface area contributed by atoms with Gasteiger partial charge in [-0.15, -0.1) is 0 Å². The van der Waals surface area contributed by atoms with Gasteiger partial charge in [-0.25, -0.2) is 8.78 Å². The van der Waals surface area contributed by atoms with Crippen LogP contribution in [0.2, 0.25) is 0 Å². The maximum absolute atomic E-state index is 12.9. The number of ether oxygens (including phenoxy) is 5. The predicted molar refractivity (Wildman–Crippen MR) is 145 cm³/mol. The summed E-state index contributed by atoms with van der Waals surface area (Å²) >= 11 is 6.89. The second kappa shape index (κ2) is 20.2. The fourth-order valence-corrected chi connectivity index (χ4v) is 3.24. The summed E-state index contributed by atoms with van der Waals surface area (Å²) in [4.78, 5) is 24.0. The second-order valence-corrected chi connectivity index (χ2v) is 19.1. The van der Waals surface area contributed by atoms with Crippen molar-refractivity contribution in [3.63, 3.8) is 0 Å². The molecule has 2 unspecified atom stereocenters. The summed E-state index contributed by atoms with van der Waals surface area (Å²) < 4.78 is 50.1. The summed E-state index contributed by atoms with van der Waals surface area (Å²) in [6, 6.07) is 0. The van der Waals surface area contributed by atoms with Crippen LogP contribution >= 0.6 is 62.5 Å². The summed E-state index contributed by atoms with van der Waals surface area (Å²) in [5.41, 5.74) is 0. The first-order chi connectivity index (χ1) is 16.8. The predicted octanol–water partition coefficient (Wildman–Crippen LogP) is 1.41. The van der Waals surface area contributed by atoms with E-state index in [4.69, 9.17) is 34.3 Å². The normalized spacial score (nSPS) is 34.6. The van der Waals surface area contributed by atoms with Crippen LogP contribution in [0.1, 0.15) is 20.8 Å². The minimum absolute atomic E-state index is 0.266. The molecule has 8 atom stereocenters. The Morgan fingerprint density at radius 2 is 1.56 bits per heavy atom. The van der Waals surface area contributed by atoms with Gasteiger partial charge in [-0.1, -0.05) is 29.5 Å². The van der Waals surface area contributed by atoms with Crippen LogP contribution in [0.4, 0.5) is 8.78 Å². The third kappa shape index (κ3) is 11.8. The number of esters is 2. The average Bonchev–Trinajstić information content (AvgIpc) is 3.25. The number of carbonyl (C=O) groups is 2. The molecule has 0 saturated carbocycles. The Morgan fingerprint density at radius 3 is 1.86 bits per heavy atom. The van der Waals surface area contributed by atoms with E-state index >= 15 is 0 Å².